The average Bonchev–Trinajstić information content (AvgIpc) is 2.78. The molecule has 4 nitrogen and oxygen atoms in total. The van der Waals surface area contributed by atoms with Crippen molar-refractivity contribution in [3.63, 3.8) is 0 Å². The van der Waals surface area contributed by atoms with Crippen molar-refractivity contribution in [3.8, 4) is 0 Å². The largest absolute Gasteiger partial charge is 0.330 e. The van der Waals surface area contributed by atoms with Gasteiger partial charge in [-0.15, -0.1) is 0 Å². The molecule has 16 heavy (non-hydrogen) atoms. The SMILES string of the molecule is CC(c1ccccn1)n1cncc1CCN. The lowest BCUT2D eigenvalue weighted by Gasteiger charge is -2.15. The Morgan fingerprint density at radius 1 is 1.44 bits per heavy atom. The highest BCUT2D eigenvalue weighted by Gasteiger charge is 2.11. The quantitative estimate of drug-likeness (QED) is 0.840. The maximum atomic E-state index is 5.57. The number of rotatable bonds is 4. The summed E-state index contributed by atoms with van der Waals surface area (Å²) in [6, 6.07) is 6.14. The van der Waals surface area contributed by atoms with E-state index in [1.54, 1.807) is 0 Å². The molecule has 0 saturated carbocycles. The summed E-state index contributed by atoms with van der Waals surface area (Å²) in [5.74, 6) is 0. The number of nitrogens with two attached hydrogens (primary N) is 1. The normalized spacial score (nSPS) is 12.6. The van der Waals surface area contributed by atoms with Crippen molar-refractivity contribution in [2.75, 3.05) is 6.54 Å². The van der Waals surface area contributed by atoms with Crippen molar-refractivity contribution in [3.05, 3.63) is 48.3 Å². The summed E-state index contributed by atoms with van der Waals surface area (Å²) >= 11 is 0. The summed E-state index contributed by atoms with van der Waals surface area (Å²) in [5.41, 5.74) is 7.76. The molecule has 2 aromatic rings. The van der Waals surface area contributed by atoms with Crippen molar-refractivity contribution in [2.24, 2.45) is 5.73 Å². The Bertz CT molecular complexity index is 435. The number of imidazole rings is 1. The fraction of sp³-hybridized carbons (Fsp3) is 0.333. The zero-order valence-electron chi connectivity index (χ0n) is 9.37. The molecule has 1 atom stereocenters. The number of hydrogen-bond donors (Lipinski definition) is 1. The Labute approximate surface area is 95.1 Å². The summed E-state index contributed by atoms with van der Waals surface area (Å²) in [7, 11) is 0. The molecule has 0 bridgehead atoms. The smallest absolute Gasteiger partial charge is 0.0954 e. The van der Waals surface area contributed by atoms with Crippen LogP contribution >= 0.6 is 0 Å². The second kappa shape index (κ2) is 4.90. The summed E-state index contributed by atoms with van der Waals surface area (Å²) in [4.78, 5) is 8.52. The van der Waals surface area contributed by atoms with E-state index in [9.17, 15) is 0 Å². The molecule has 84 valence electrons. The molecule has 0 fully saturated rings. The Morgan fingerprint density at radius 3 is 3.00 bits per heavy atom. The van der Waals surface area contributed by atoms with Gasteiger partial charge >= 0.3 is 0 Å². The van der Waals surface area contributed by atoms with Crippen LogP contribution in [-0.4, -0.2) is 21.1 Å². The van der Waals surface area contributed by atoms with E-state index in [0.717, 1.165) is 17.8 Å². The number of nitrogens with zero attached hydrogens (tertiary/aromatic N) is 3. The van der Waals surface area contributed by atoms with Crippen LogP contribution in [-0.2, 0) is 6.42 Å². The molecule has 0 saturated heterocycles. The topological polar surface area (TPSA) is 56.7 Å². The van der Waals surface area contributed by atoms with E-state index in [4.69, 9.17) is 5.73 Å². The Kier molecular flexibility index (Phi) is 3.31. The van der Waals surface area contributed by atoms with Gasteiger partial charge in [-0.1, -0.05) is 6.07 Å². The lowest BCUT2D eigenvalue weighted by atomic mass is 10.2. The van der Waals surface area contributed by atoms with Crippen molar-refractivity contribution in [2.45, 2.75) is 19.4 Å². The predicted octanol–water partition coefficient (Wildman–Crippen LogP) is 1.39. The molecular formula is C12H16N4. The first-order valence-corrected chi connectivity index (χ1v) is 5.44. The van der Waals surface area contributed by atoms with Gasteiger partial charge in [-0.3, -0.25) is 4.98 Å². The van der Waals surface area contributed by atoms with Crippen molar-refractivity contribution in [1.29, 1.82) is 0 Å². The van der Waals surface area contributed by atoms with Crippen molar-refractivity contribution >= 4 is 0 Å². The second-order valence-corrected chi connectivity index (χ2v) is 3.76. The molecule has 1 unspecified atom stereocenters. The van der Waals surface area contributed by atoms with Gasteiger partial charge < -0.3 is 10.3 Å². The summed E-state index contributed by atoms with van der Waals surface area (Å²) in [6.07, 6.45) is 6.36. The van der Waals surface area contributed by atoms with Crippen LogP contribution < -0.4 is 5.73 Å². The Morgan fingerprint density at radius 2 is 2.31 bits per heavy atom. The minimum atomic E-state index is 0.199. The molecule has 0 amide bonds. The third-order valence-electron chi connectivity index (χ3n) is 2.68. The van der Waals surface area contributed by atoms with Gasteiger partial charge in [-0.2, -0.15) is 0 Å². The minimum Gasteiger partial charge on any atom is -0.330 e. The average molecular weight is 216 g/mol. The minimum absolute atomic E-state index is 0.199. The van der Waals surface area contributed by atoms with E-state index in [1.807, 2.05) is 36.9 Å². The molecule has 2 N–H and O–H groups in total. The fourth-order valence-electron chi connectivity index (χ4n) is 1.79. The lowest BCUT2D eigenvalue weighted by molar-refractivity contribution is 0.592. The molecule has 2 aromatic heterocycles. The van der Waals surface area contributed by atoms with E-state index in [-0.39, 0.29) is 6.04 Å². The van der Waals surface area contributed by atoms with Gasteiger partial charge in [0.05, 0.1) is 18.1 Å². The van der Waals surface area contributed by atoms with E-state index in [2.05, 4.69) is 21.5 Å². The number of aromatic nitrogens is 3. The lowest BCUT2D eigenvalue weighted by Crippen LogP contribution is -2.13. The van der Waals surface area contributed by atoms with Gasteiger partial charge in [0.2, 0.25) is 0 Å². The Hall–Kier alpha value is -1.68. The first-order chi connectivity index (χ1) is 7.83. The van der Waals surface area contributed by atoms with Gasteiger partial charge in [0.25, 0.3) is 0 Å². The maximum absolute atomic E-state index is 5.57. The molecule has 0 aromatic carbocycles. The first-order valence-electron chi connectivity index (χ1n) is 5.44. The maximum Gasteiger partial charge on any atom is 0.0954 e. The highest BCUT2D eigenvalue weighted by atomic mass is 15.1. The van der Waals surface area contributed by atoms with Gasteiger partial charge in [0.15, 0.2) is 0 Å². The Balaban J connectivity index is 2.27. The molecule has 0 radical (unpaired) electrons. The van der Waals surface area contributed by atoms with Crippen LogP contribution in [0.3, 0.4) is 0 Å². The van der Waals surface area contributed by atoms with Crippen LogP contribution in [0.2, 0.25) is 0 Å². The van der Waals surface area contributed by atoms with Crippen LogP contribution in [0, 0.1) is 0 Å². The van der Waals surface area contributed by atoms with E-state index < -0.39 is 0 Å². The standard InChI is InChI=1S/C12H16N4/c1-10(12-4-2-3-7-15-12)16-9-14-8-11(16)5-6-13/h2-4,7-10H,5-6,13H2,1H3. The first kappa shape index (κ1) is 10.8. The molecule has 2 heterocycles. The zero-order chi connectivity index (χ0) is 11.4. The van der Waals surface area contributed by atoms with Crippen LogP contribution in [0.5, 0.6) is 0 Å². The van der Waals surface area contributed by atoms with Gasteiger partial charge in [0, 0.05) is 24.5 Å². The molecular weight excluding hydrogens is 200 g/mol. The van der Waals surface area contributed by atoms with E-state index in [1.165, 1.54) is 0 Å². The highest BCUT2D eigenvalue weighted by molar-refractivity contribution is 5.12. The molecule has 4 heteroatoms. The number of pyridine rings is 1. The zero-order valence-corrected chi connectivity index (χ0v) is 9.37. The van der Waals surface area contributed by atoms with Gasteiger partial charge in [0.1, 0.15) is 0 Å². The fourth-order valence-corrected chi connectivity index (χ4v) is 1.79. The highest BCUT2D eigenvalue weighted by Crippen LogP contribution is 2.17. The van der Waals surface area contributed by atoms with Crippen LogP contribution in [0.4, 0.5) is 0 Å². The van der Waals surface area contributed by atoms with E-state index >= 15 is 0 Å². The third kappa shape index (κ3) is 2.12. The summed E-state index contributed by atoms with van der Waals surface area (Å²) in [6.45, 7) is 2.75. The molecule has 0 aliphatic carbocycles. The molecule has 0 aliphatic rings. The summed E-state index contributed by atoms with van der Waals surface area (Å²) < 4.78 is 2.12. The predicted molar refractivity (Wildman–Crippen MR) is 63.0 cm³/mol. The molecule has 0 spiro atoms. The van der Waals surface area contributed by atoms with Crippen molar-refractivity contribution < 1.29 is 0 Å². The monoisotopic (exact) mass is 216 g/mol. The van der Waals surface area contributed by atoms with E-state index in [0.29, 0.717) is 6.54 Å². The molecule has 0 aliphatic heterocycles. The van der Waals surface area contributed by atoms with Crippen LogP contribution in [0.1, 0.15) is 24.4 Å². The van der Waals surface area contributed by atoms with Crippen LogP contribution in [0.25, 0.3) is 0 Å². The van der Waals surface area contributed by atoms with Gasteiger partial charge in [-0.05, 0) is 25.6 Å². The molecule has 2 rings (SSSR count). The number of hydrogen-bond acceptors (Lipinski definition) is 3. The summed E-state index contributed by atoms with van der Waals surface area (Å²) in [5, 5.41) is 0. The third-order valence-corrected chi connectivity index (χ3v) is 2.68. The second-order valence-electron chi connectivity index (χ2n) is 3.76. The van der Waals surface area contributed by atoms with Crippen molar-refractivity contribution in [1.82, 2.24) is 14.5 Å². The van der Waals surface area contributed by atoms with Gasteiger partial charge in [-0.25, -0.2) is 4.98 Å². The van der Waals surface area contributed by atoms with Crippen LogP contribution in [0.15, 0.2) is 36.9 Å².